The fourth-order valence-electron chi connectivity index (χ4n) is 1.53. The summed E-state index contributed by atoms with van der Waals surface area (Å²) in [7, 11) is 0. The summed E-state index contributed by atoms with van der Waals surface area (Å²) in [5.74, 6) is 0. The van der Waals surface area contributed by atoms with Crippen LogP contribution in [0.15, 0.2) is 6.07 Å². The van der Waals surface area contributed by atoms with Gasteiger partial charge in [-0.15, -0.1) is 0 Å². The summed E-state index contributed by atoms with van der Waals surface area (Å²) in [4.78, 5) is 0. The van der Waals surface area contributed by atoms with Gasteiger partial charge >= 0.3 is 0 Å². The molecule has 80 valence electrons. The molecular weight excluding hydrogens is 172 g/mol. The van der Waals surface area contributed by atoms with Crippen molar-refractivity contribution in [2.75, 3.05) is 0 Å². The van der Waals surface area contributed by atoms with Gasteiger partial charge in [0.2, 0.25) is 0 Å². The molecule has 0 saturated heterocycles. The zero-order chi connectivity index (χ0) is 10.8. The third-order valence-corrected chi connectivity index (χ3v) is 3.10. The van der Waals surface area contributed by atoms with E-state index in [9.17, 15) is 0 Å². The highest BCUT2D eigenvalue weighted by molar-refractivity contribution is 5.18. The molecule has 14 heavy (non-hydrogen) atoms. The monoisotopic (exact) mass is 194 g/mol. The molecule has 0 aliphatic heterocycles. The minimum atomic E-state index is 0.213. The topological polar surface area (TPSA) is 17.8 Å². The van der Waals surface area contributed by atoms with Gasteiger partial charge in [0.1, 0.15) is 0 Å². The standard InChI is InChI=1S/C12H22N2/c1-6-10-9-11(12(4,5)7-2)13-14(10)8-3/h9H,6-8H2,1-5H3. The number of rotatable bonds is 4. The lowest BCUT2D eigenvalue weighted by atomic mass is 9.86. The minimum Gasteiger partial charge on any atom is -0.270 e. The van der Waals surface area contributed by atoms with Crippen LogP contribution >= 0.6 is 0 Å². The van der Waals surface area contributed by atoms with Gasteiger partial charge in [-0.3, -0.25) is 4.68 Å². The lowest BCUT2D eigenvalue weighted by Crippen LogP contribution is -2.16. The van der Waals surface area contributed by atoms with Crippen LogP contribution in [-0.4, -0.2) is 9.78 Å². The van der Waals surface area contributed by atoms with Gasteiger partial charge in [-0.25, -0.2) is 0 Å². The van der Waals surface area contributed by atoms with Crippen LogP contribution in [0.1, 0.15) is 52.4 Å². The molecule has 0 N–H and O–H groups in total. The summed E-state index contributed by atoms with van der Waals surface area (Å²) in [6, 6.07) is 2.26. The van der Waals surface area contributed by atoms with Gasteiger partial charge in [-0.1, -0.05) is 27.7 Å². The van der Waals surface area contributed by atoms with Crippen LogP contribution in [0.3, 0.4) is 0 Å². The van der Waals surface area contributed by atoms with Crippen molar-refractivity contribution >= 4 is 0 Å². The Balaban J connectivity index is 3.06. The Hall–Kier alpha value is -0.790. The Morgan fingerprint density at radius 2 is 1.93 bits per heavy atom. The molecule has 0 bridgehead atoms. The Morgan fingerprint density at radius 1 is 1.29 bits per heavy atom. The predicted molar refractivity (Wildman–Crippen MR) is 60.6 cm³/mol. The van der Waals surface area contributed by atoms with E-state index in [4.69, 9.17) is 0 Å². The summed E-state index contributed by atoms with van der Waals surface area (Å²) >= 11 is 0. The Morgan fingerprint density at radius 3 is 2.29 bits per heavy atom. The molecule has 0 unspecified atom stereocenters. The maximum absolute atomic E-state index is 4.66. The van der Waals surface area contributed by atoms with E-state index in [1.54, 1.807) is 0 Å². The smallest absolute Gasteiger partial charge is 0.0683 e. The predicted octanol–water partition coefficient (Wildman–Crippen LogP) is 3.15. The van der Waals surface area contributed by atoms with Gasteiger partial charge < -0.3 is 0 Å². The second-order valence-electron chi connectivity index (χ2n) is 4.43. The third-order valence-electron chi connectivity index (χ3n) is 3.10. The van der Waals surface area contributed by atoms with E-state index in [1.165, 1.54) is 11.4 Å². The summed E-state index contributed by atoms with van der Waals surface area (Å²) in [5.41, 5.74) is 2.80. The molecule has 0 aliphatic rings. The van der Waals surface area contributed by atoms with Crippen molar-refractivity contribution in [2.45, 2.75) is 59.4 Å². The number of aryl methyl sites for hydroxylation is 2. The van der Waals surface area contributed by atoms with Crippen molar-refractivity contribution in [1.82, 2.24) is 9.78 Å². The Labute approximate surface area is 87.3 Å². The summed E-state index contributed by atoms with van der Waals surface area (Å²) in [6.07, 6.45) is 2.21. The van der Waals surface area contributed by atoms with Crippen molar-refractivity contribution in [2.24, 2.45) is 0 Å². The molecule has 0 saturated carbocycles. The van der Waals surface area contributed by atoms with E-state index in [-0.39, 0.29) is 5.41 Å². The molecule has 1 rings (SSSR count). The average molecular weight is 194 g/mol. The van der Waals surface area contributed by atoms with Crippen LogP contribution < -0.4 is 0 Å². The Bertz CT molecular complexity index is 276. The lowest BCUT2D eigenvalue weighted by molar-refractivity contribution is 0.476. The molecule has 1 aromatic heterocycles. The van der Waals surface area contributed by atoms with Gasteiger partial charge in [-0.2, -0.15) is 5.10 Å². The normalized spacial score (nSPS) is 12.1. The molecule has 0 fully saturated rings. The molecule has 1 aromatic rings. The van der Waals surface area contributed by atoms with Crippen molar-refractivity contribution in [3.63, 3.8) is 0 Å². The quantitative estimate of drug-likeness (QED) is 0.720. The van der Waals surface area contributed by atoms with Gasteiger partial charge in [0.15, 0.2) is 0 Å². The van der Waals surface area contributed by atoms with E-state index in [1.807, 2.05) is 0 Å². The molecule has 0 aliphatic carbocycles. The molecule has 0 radical (unpaired) electrons. The van der Waals surface area contributed by atoms with Crippen molar-refractivity contribution in [1.29, 1.82) is 0 Å². The molecular formula is C12H22N2. The second-order valence-corrected chi connectivity index (χ2v) is 4.43. The van der Waals surface area contributed by atoms with E-state index in [0.717, 1.165) is 19.4 Å². The largest absolute Gasteiger partial charge is 0.270 e. The summed E-state index contributed by atoms with van der Waals surface area (Å²) in [6.45, 7) is 12.0. The first-order valence-electron chi connectivity index (χ1n) is 5.62. The first-order valence-corrected chi connectivity index (χ1v) is 5.62. The van der Waals surface area contributed by atoms with Crippen molar-refractivity contribution < 1.29 is 0 Å². The zero-order valence-electron chi connectivity index (χ0n) is 10.1. The van der Waals surface area contributed by atoms with E-state index < -0.39 is 0 Å². The van der Waals surface area contributed by atoms with Crippen molar-refractivity contribution in [3.05, 3.63) is 17.5 Å². The van der Waals surface area contributed by atoms with Crippen LogP contribution in [-0.2, 0) is 18.4 Å². The van der Waals surface area contributed by atoms with Gasteiger partial charge in [0.25, 0.3) is 0 Å². The molecule has 0 spiro atoms. The van der Waals surface area contributed by atoms with Crippen LogP contribution in [0.2, 0.25) is 0 Å². The minimum absolute atomic E-state index is 0.213. The summed E-state index contributed by atoms with van der Waals surface area (Å²) in [5, 5.41) is 4.66. The van der Waals surface area contributed by atoms with Crippen LogP contribution in [0.25, 0.3) is 0 Å². The fraction of sp³-hybridized carbons (Fsp3) is 0.750. The first kappa shape index (κ1) is 11.3. The van der Waals surface area contributed by atoms with E-state index in [0.29, 0.717) is 0 Å². The summed E-state index contributed by atoms with van der Waals surface area (Å²) < 4.78 is 2.12. The number of hydrogen-bond acceptors (Lipinski definition) is 1. The molecule has 2 nitrogen and oxygen atoms in total. The Kier molecular flexibility index (Phi) is 3.35. The van der Waals surface area contributed by atoms with Crippen LogP contribution in [0.5, 0.6) is 0 Å². The third kappa shape index (κ3) is 1.99. The molecule has 0 atom stereocenters. The molecule has 0 aromatic carbocycles. The average Bonchev–Trinajstić information content (AvgIpc) is 2.61. The van der Waals surface area contributed by atoms with Gasteiger partial charge in [0.05, 0.1) is 5.69 Å². The zero-order valence-corrected chi connectivity index (χ0v) is 10.1. The second kappa shape index (κ2) is 4.16. The van der Waals surface area contributed by atoms with Gasteiger partial charge in [0, 0.05) is 17.7 Å². The number of hydrogen-bond donors (Lipinski definition) is 0. The highest BCUT2D eigenvalue weighted by Gasteiger charge is 2.22. The molecule has 2 heteroatoms. The number of nitrogens with zero attached hydrogens (tertiary/aromatic N) is 2. The first-order chi connectivity index (χ1) is 6.55. The van der Waals surface area contributed by atoms with Crippen molar-refractivity contribution in [3.8, 4) is 0 Å². The van der Waals surface area contributed by atoms with E-state index >= 15 is 0 Å². The molecule has 0 amide bonds. The maximum Gasteiger partial charge on any atom is 0.0683 e. The van der Waals surface area contributed by atoms with Crippen LogP contribution in [0.4, 0.5) is 0 Å². The number of aromatic nitrogens is 2. The lowest BCUT2D eigenvalue weighted by Gasteiger charge is -2.19. The highest BCUT2D eigenvalue weighted by atomic mass is 15.3. The molecule has 1 heterocycles. The fourth-order valence-corrected chi connectivity index (χ4v) is 1.53. The highest BCUT2D eigenvalue weighted by Crippen LogP contribution is 2.26. The van der Waals surface area contributed by atoms with Crippen LogP contribution in [0, 0.1) is 0 Å². The maximum atomic E-state index is 4.66. The van der Waals surface area contributed by atoms with E-state index in [2.05, 4.69) is 50.5 Å². The SMILES string of the molecule is CCc1cc(C(C)(C)CC)nn1CC. The van der Waals surface area contributed by atoms with Gasteiger partial charge in [-0.05, 0) is 25.8 Å².